The van der Waals surface area contributed by atoms with E-state index in [9.17, 15) is 4.79 Å². The van der Waals surface area contributed by atoms with Crippen LogP contribution in [0.2, 0.25) is 0 Å². The molecule has 4 heterocycles. The zero-order chi connectivity index (χ0) is 24.4. The standard InChI is InChI=1S/C25H28N8O2/c1-16-31-21(15-33(16)14-17-11-29-25(30-12-17)32-7-3-4-8-32)24(34)28-13-19-9-18-5-6-27-23(26)20(18)10-22(19)35-2/h5-6,9-12,15H,3-4,7-8,13-14H2,1-2H3,(H2,26,27)(H,28,34). The number of carbonyl (C=O) groups excluding carboxylic acids is 1. The summed E-state index contributed by atoms with van der Waals surface area (Å²) in [7, 11) is 1.59. The van der Waals surface area contributed by atoms with E-state index < -0.39 is 0 Å². The quantitative estimate of drug-likeness (QED) is 0.421. The first kappa shape index (κ1) is 22.6. The molecule has 5 rings (SSSR count). The highest BCUT2D eigenvalue weighted by molar-refractivity contribution is 5.94. The second-order valence-electron chi connectivity index (χ2n) is 8.65. The van der Waals surface area contributed by atoms with Crippen molar-refractivity contribution < 1.29 is 9.53 Å². The van der Waals surface area contributed by atoms with E-state index in [0.717, 1.165) is 46.8 Å². The van der Waals surface area contributed by atoms with Crippen molar-refractivity contribution >= 4 is 28.4 Å². The Labute approximate surface area is 203 Å². The van der Waals surface area contributed by atoms with E-state index in [1.165, 1.54) is 12.8 Å². The first-order chi connectivity index (χ1) is 17.0. The molecule has 10 heteroatoms. The van der Waals surface area contributed by atoms with Crippen LogP contribution < -0.4 is 20.7 Å². The lowest BCUT2D eigenvalue weighted by Gasteiger charge is -2.14. The summed E-state index contributed by atoms with van der Waals surface area (Å²) in [5.41, 5.74) is 8.12. The number of amides is 1. The number of nitrogens with two attached hydrogens (primary N) is 1. The van der Waals surface area contributed by atoms with Gasteiger partial charge < -0.3 is 25.3 Å². The average molecular weight is 473 g/mol. The molecule has 0 spiro atoms. The minimum atomic E-state index is -0.260. The van der Waals surface area contributed by atoms with Crippen molar-refractivity contribution in [3.8, 4) is 5.75 Å². The fraction of sp³-hybridized carbons (Fsp3) is 0.320. The summed E-state index contributed by atoms with van der Waals surface area (Å²) < 4.78 is 7.43. The van der Waals surface area contributed by atoms with Crippen LogP contribution in [0.15, 0.2) is 43.0 Å². The average Bonchev–Trinajstić information content (AvgIpc) is 3.53. The van der Waals surface area contributed by atoms with E-state index in [0.29, 0.717) is 23.8 Å². The number of ether oxygens (including phenoxy) is 1. The Morgan fingerprint density at radius 1 is 1.17 bits per heavy atom. The van der Waals surface area contributed by atoms with Gasteiger partial charge in [0, 0.05) is 60.9 Å². The van der Waals surface area contributed by atoms with Crippen molar-refractivity contribution in [1.29, 1.82) is 0 Å². The van der Waals surface area contributed by atoms with Gasteiger partial charge in [0.05, 0.1) is 13.7 Å². The number of imidazole rings is 1. The van der Waals surface area contributed by atoms with E-state index in [4.69, 9.17) is 10.5 Å². The number of hydrogen-bond donors (Lipinski definition) is 2. The number of pyridine rings is 1. The largest absolute Gasteiger partial charge is 0.496 e. The molecule has 1 aromatic carbocycles. The predicted molar refractivity (Wildman–Crippen MR) is 133 cm³/mol. The summed E-state index contributed by atoms with van der Waals surface area (Å²) in [6.45, 7) is 4.73. The van der Waals surface area contributed by atoms with Crippen molar-refractivity contribution in [1.82, 2.24) is 29.8 Å². The van der Waals surface area contributed by atoms with Gasteiger partial charge in [-0.15, -0.1) is 0 Å². The van der Waals surface area contributed by atoms with Gasteiger partial charge in [0.2, 0.25) is 5.95 Å². The van der Waals surface area contributed by atoms with Crippen LogP contribution in [0.1, 0.15) is 40.3 Å². The van der Waals surface area contributed by atoms with Crippen LogP contribution in [0.4, 0.5) is 11.8 Å². The summed E-state index contributed by atoms with van der Waals surface area (Å²) in [4.78, 5) is 32.7. The van der Waals surface area contributed by atoms with Crippen molar-refractivity contribution in [3.05, 3.63) is 65.6 Å². The van der Waals surface area contributed by atoms with Gasteiger partial charge in [0.15, 0.2) is 0 Å². The molecule has 0 unspecified atom stereocenters. The lowest BCUT2D eigenvalue weighted by atomic mass is 10.1. The Kier molecular flexibility index (Phi) is 6.17. The molecule has 0 radical (unpaired) electrons. The molecule has 1 aliphatic rings. The Hall–Kier alpha value is -4.21. The third-order valence-corrected chi connectivity index (χ3v) is 6.28. The summed E-state index contributed by atoms with van der Waals surface area (Å²) >= 11 is 0. The molecule has 4 aromatic rings. The Morgan fingerprint density at radius 3 is 2.69 bits per heavy atom. The lowest BCUT2D eigenvalue weighted by molar-refractivity contribution is 0.0946. The maximum Gasteiger partial charge on any atom is 0.271 e. The molecule has 0 aliphatic carbocycles. The van der Waals surface area contributed by atoms with Crippen LogP contribution in [0.25, 0.3) is 10.8 Å². The van der Waals surface area contributed by atoms with Gasteiger partial charge in [0.25, 0.3) is 5.91 Å². The number of nitrogens with zero attached hydrogens (tertiary/aromatic N) is 6. The minimum Gasteiger partial charge on any atom is -0.496 e. The normalized spacial score (nSPS) is 13.4. The summed E-state index contributed by atoms with van der Waals surface area (Å²) in [5.74, 6) is 2.33. The third-order valence-electron chi connectivity index (χ3n) is 6.28. The molecule has 1 fully saturated rings. The van der Waals surface area contributed by atoms with Crippen LogP contribution in [0, 0.1) is 6.92 Å². The zero-order valence-corrected chi connectivity index (χ0v) is 19.9. The van der Waals surface area contributed by atoms with Crippen LogP contribution in [0.5, 0.6) is 5.75 Å². The molecule has 3 aromatic heterocycles. The molecule has 0 saturated carbocycles. The number of hydrogen-bond acceptors (Lipinski definition) is 8. The molecule has 3 N–H and O–H groups in total. The smallest absolute Gasteiger partial charge is 0.271 e. The van der Waals surface area contributed by atoms with Crippen LogP contribution in [0.3, 0.4) is 0 Å². The van der Waals surface area contributed by atoms with Crippen LogP contribution >= 0.6 is 0 Å². The number of methoxy groups -OCH3 is 1. The van der Waals surface area contributed by atoms with Gasteiger partial charge in [-0.05, 0) is 43.4 Å². The van der Waals surface area contributed by atoms with E-state index >= 15 is 0 Å². The molecule has 1 aliphatic heterocycles. The molecular weight excluding hydrogens is 444 g/mol. The fourth-order valence-electron chi connectivity index (χ4n) is 4.35. The number of nitrogen functional groups attached to an aromatic ring is 1. The number of nitrogens with one attached hydrogen (secondary N) is 1. The first-order valence-corrected chi connectivity index (χ1v) is 11.6. The number of anilines is 2. The highest BCUT2D eigenvalue weighted by atomic mass is 16.5. The maximum atomic E-state index is 12.9. The first-order valence-electron chi connectivity index (χ1n) is 11.6. The van der Waals surface area contributed by atoms with Gasteiger partial charge in [-0.3, -0.25) is 4.79 Å². The molecular formula is C25H28N8O2. The SMILES string of the molecule is COc1cc2c(N)nccc2cc1CNC(=O)c1cn(Cc2cnc(N3CCCC3)nc2)c(C)n1. The fourth-order valence-corrected chi connectivity index (χ4v) is 4.35. The molecule has 35 heavy (non-hydrogen) atoms. The maximum absolute atomic E-state index is 12.9. The van der Waals surface area contributed by atoms with Gasteiger partial charge >= 0.3 is 0 Å². The number of aromatic nitrogens is 5. The van der Waals surface area contributed by atoms with E-state index in [1.807, 2.05) is 42.1 Å². The number of fused-ring (bicyclic) bond motifs is 1. The monoisotopic (exact) mass is 472 g/mol. The summed E-state index contributed by atoms with van der Waals surface area (Å²) in [6.07, 6.45) is 9.46. The van der Waals surface area contributed by atoms with E-state index in [2.05, 4.69) is 30.2 Å². The van der Waals surface area contributed by atoms with Crippen LogP contribution in [-0.2, 0) is 13.1 Å². The second-order valence-corrected chi connectivity index (χ2v) is 8.65. The van der Waals surface area contributed by atoms with Crippen molar-refractivity contribution in [3.63, 3.8) is 0 Å². The molecule has 1 saturated heterocycles. The van der Waals surface area contributed by atoms with E-state index in [-0.39, 0.29) is 12.5 Å². The molecule has 180 valence electrons. The van der Waals surface area contributed by atoms with Gasteiger partial charge in [-0.2, -0.15) is 0 Å². The molecule has 0 bridgehead atoms. The summed E-state index contributed by atoms with van der Waals surface area (Å²) in [6, 6.07) is 5.67. The highest BCUT2D eigenvalue weighted by Gasteiger charge is 2.16. The Morgan fingerprint density at radius 2 is 1.94 bits per heavy atom. The molecule has 1 amide bonds. The number of benzene rings is 1. The van der Waals surface area contributed by atoms with Crippen molar-refractivity contribution in [2.45, 2.75) is 32.9 Å². The van der Waals surface area contributed by atoms with Crippen LogP contribution in [-0.4, -0.2) is 50.6 Å². The topological polar surface area (TPSA) is 124 Å². The summed E-state index contributed by atoms with van der Waals surface area (Å²) in [5, 5.41) is 4.68. The minimum absolute atomic E-state index is 0.260. The Bertz CT molecular complexity index is 1360. The number of aryl methyl sites for hydroxylation is 1. The van der Waals surface area contributed by atoms with Gasteiger partial charge in [0.1, 0.15) is 23.1 Å². The molecule has 0 atom stereocenters. The second kappa shape index (κ2) is 9.57. The van der Waals surface area contributed by atoms with Crippen molar-refractivity contribution in [2.24, 2.45) is 0 Å². The zero-order valence-electron chi connectivity index (χ0n) is 19.9. The molecule has 10 nitrogen and oxygen atoms in total. The number of rotatable bonds is 7. The number of carbonyl (C=O) groups is 1. The van der Waals surface area contributed by atoms with E-state index in [1.54, 1.807) is 19.5 Å². The van der Waals surface area contributed by atoms with Gasteiger partial charge in [-0.1, -0.05) is 0 Å². The van der Waals surface area contributed by atoms with Gasteiger partial charge in [-0.25, -0.2) is 19.9 Å². The van der Waals surface area contributed by atoms with Crippen molar-refractivity contribution in [2.75, 3.05) is 30.8 Å². The Balaban J connectivity index is 1.26. The predicted octanol–water partition coefficient (Wildman–Crippen LogP) is 2.70. The third kappa shape index (κ3) is 4.72. The lowest BCUT2D eigenvalue weighted by Crippen LogP contribution is -2.23. The highest BCUT2D eigenvalue weighted by Crippen LogP contribution is 2.28.